The third-order valence-corrected chi connectivity index (χ3v) is 2.74. The van der Waals surface area contributed by atoms with E-state index in [2.05, 4.69) is 24.5 Å². The maximum absolute atomic E-state index is 11.7. The molecular weight excluding hydrogens is 256 g/mol. The molecule has 0 radical (unpaired) electrons. The number of rotatable bonds is 8. The Morgan fingerprint density at radius 2 is 2.00 bits per heavy atom. The molecule has 0 saturated heterocycles. The lowest BCUT2D eigenvalue weighted by atomic mass is 10.0. The van der Waals surface area contributed by atoms with Gasteiger partial charge in [0.1, 0.15) is 6.61 Å². The molecule has 0 bridgehead atoms. The first kappa shape index (κ1) is 16.0. The van der Waals surface area contributed by atoms with Gasteiger partial charge < -0.3 is 15.4 Å². The highest BCUT2D eigenvalue weighted by molar-refractivity contribution is 5.67. The Morgan fingerprint density at radius 3 is 2.60 bits per heavy atom. The minimum atomic E-state index is -0.466. The van der Waals surface area contributed by atoms with Crippen molar-refractivity contribution in [1.29, 1.82) is 0 Å². The number of hydrogen-bond acceptors (Lipinski definition) is 3. The first-order chi connectivity index (χ1) is 9.61. The fourth-order valence-electron chi connectivity index (χ4n) is 1.88. The van der Waals surface area contributed by atoms with Gasteiger partial charge in [0.25, 0.3) is 0 Å². The number of carbonyl (C=O) groups is 2. The maximum Gasteiger partial charge on any atom is 0.407 e. The van der Waals surface area contributed by atoms with E-state index >= 15 is 0 Å². The van der Waals surface area contributed by atoms with Crippen molar-refractivity contribution >= 4 is 12.5 Å². The van der Waals surface area contributed by atoms with E-state index < -0.39 is 6.09 Å². The summed E-state index contributed by atoms with van der Waals surface area (Å²) in [6, 6.07) is 9.37. The molecule has 0 aliphatic heterocycles. The fraction of sp³-hybridized carbons (Fsp3) is 0.467. The molecule has 1 atom stereocenters. The summed E-state index contributed by atoms with van der Waals surface area (Å²) >= 11 is 0. The minimum Gasteiger partial charge on any atom is -0.445 e. The van der Waals surface area contributed by atoms with Crippen molar-refractivity contribution in [2.75, 3.05) is 6.54 Å². The van der Waals surface area contributed by atoms with Crippen LogP contribution >= 0.6 is 0 Å². The smallest absolute Gasteiger partial charge is 0.407 e. The Kier molecular flexibility index (Phi) is 7.17. The Morgan fingerprint density at radius 1 is 1.30 bits per heavy atom. The van der Waals surface area contributed by atoms with Crippen LogP contribution in [0.1, 0.15) is 25.8 Å². The van der Waals surface area contributed by atoms with Gasteiger partial charge in [-0.3, -0.25) is 4.79 Å². The molecule has 0 spiro atoms. The normalized spacial score (nSPS) is 11.8. The molecule has 0 heterocycles. The summed E-state index contributed by atoms with van der Waals surface area (Å²) in [4.78, 5) is 22.1. The van der Waals surface area contributed by atoms with Crippen LogP contribution in [0.5, 0.6) is 0 Å². The highest BCUT2D eigenvalue weighted by Gasteiger charge is 2.14. The first-order valence-electron chi connectivity index (χ1n) is 6.76. The molecule has 5 nitrogen and oxygen atoms in total. The first-order valence-corrected chi connectivity index (χ1v) is 6.76. The molecule has 1 rings (SSSR count). The lowest BCUT2D eigenvalue weighted by Gasteiger charge is -2.19. The van der Waals surface area contributed by atoms with Gasteiger partial charge in [0.05, 0.1) is 0 Å². The Hall–Kier alpha value is -2.04. The van der Waals surface area contributed by atoms with Gasteiger partial charge in [0, 0.05) is 12.6 Å². The summed E-state index contributed by atoms with van der Waals surface area (Å²) in [5, 5.41) is 5.35. The van der Waals surface area contributed by atoms with Gasteiger partial charge >= 0.3 is 6.09 Å². The quantitative estimate of drug-likeness (QED) is 0.715. The second-order valence-electron chi connectivity index (χ2n) is 5.06. The van der Waals surface area contributed by atoms with E-state index in [0.29, 0.717) is 18.9 Å². The molecule has 2 amide bonds. The van der Waals surface area contributed by atoms with Gasteiger partial charge in [-0.15, -0.1) is 0 Å². The van der Waals surface area contributed by atoms with Crippen molar-refractivity contribution in [3.63, 3.8) is 0 Å². The van der Waals surface area contributed by atoms with Crippen molar-refractivity contribution in [2.45, 2.75) is 32.9 Å². The third-order valence-electron chi connectivity index (χ3n) is 2.74. The summed E-state index contributed by atoms with van der Waals surface area (Å²) in [6.45, 7) is 4.76. The van der Waals surface area contributed by atoms with E-state index in [0.717, 1.165) is 12.0 Å². The number of ether oxygens (including phenoxy) is 1. The molecule has 0 aliphatic rings. The summed E-state index contributed by atoms with van der Waals surface area (Å²) in [5.74, 6) is 0.419. The van der Waals surface area contributed by atoms with Crippen LogP contribution in [-0.4, -0.2) is 25.1 Å². The maximum atomic E-state index is 11.7. The molecule has 0 fully saturated rings. The highest BCUT2D eigenvalue weighted by Crippen LogP contribution is 2.05. The number of nitrogens with one attached hydrogen (secondary N) is 2. The van der Waals surface area contributed by atoms with E-state index in [9.17, 15) is 9.59 Å². The average Bonchev–Trinajstić information content (AvgIpc) is 2.43. The number of alkyl carbamates (subject to hydrolysis) is 1. The van der Waals surface area contributed by atoms with Crippen LogP contribution in [0.15, 0.2) is 30.3 Å². The molecule has 1 aromatic rings. The fourth-order valence-corrected chi connectivity index (χ4v) is 1.88. The van der Waals surface area contributed by atoms with Gasteiger partial charge in [-0.25, -0.2) is 4.79 Å². The topological polar surface area (TPSA) is 67.4 Å². The molecule has 0 aliphatic carbocycles. The van der Waals surface area contributed by atoms with Crippen molar-refractivity contribution < 1.29 is 14.3 Å². The second-order valence-corrected chi connectivity index (χ2v) is 5.06. The predicted molar refractivity (Wildman–Crippen MR) is 77.1 cm³/mol. The third kappa shape index (κ3) is 6.78. The molecule has 1 aromatic carbocycles. The van der Waals surface area contributed by atoms with Crippen molar-refractivity contribution in [3.05, 3.63) is 35.9 Å². The second kappa shape index (κ2) is 8.96. The predicted octanol–water partition coefficient (Wildman–Crippen LogP) is 2.07. The number of benzene rings is 1. The summed E-state index contributed by atoms with van der Waals surface area (Å²) in [7, 11) is 0. The Labute approximate surface area is 119 Å². The zero-order valence-electron chi connectivity index (χ0n) is 12.0. The lowest BCUT2D eigenvalue weighted by Crippen LogP contribution is -2.42. The van der Waals surface area contributed by atoms with Crippen molar-refractivity contribution in [3.8, 4) is 0 Å². The largest absolute Gasteiger partial charge is 0.445 e. The molecule has 0 saturated carbocycles. The molecule has 1 unspecified atom stereocenters. The van der Waals surface area contributed by atoms with Gasteiger partial charge in [0.2, 0.25) is 6.41 Å². The number of hydrogen-bond donors (Lipinski definition) is 2. The molecular formula is C15H22N2O3. The Balaban J connectivity index is 2.38. The van der Waals surface area contributed by atoms with E-state index in [1.54, 1.807) is 0 Å². The van der Waals surface area contributed by atoms with Gasteiger partial charge in [-0.05, 0) is 17.9 Å². The SMILES string of the molecule is CC(C)CC(CNC=O)NC(=O)OCc1ccccc1. The highest BCUT2D eigenvalue weighted by atomic mass is 16.5. The number of carbonyl (C=O) groups excluding carboxylic acids is 2. The van der Waals surface area contributed by atoms with Gasteiger partial charge in [-0.1, -0.05) is 44.2 Å². The van der Waals surface area contributed by atoms with Crippen LogP contribution < -0.4 is 10.6 Å². The van der Waals surface area contributed by atoms with E-state index in [-0.39, 0.29) is 12.6 Å². The molecule has 20 heavy (non-hydrogen) atoms. The van der Waals surface area contributed by atoms with Crippen LogP contribution in [0.25, 0.3) is 0 Å². The van der Waals surface area contributed by atoms with Gasteiger partial charge in [0.15, 0.2) is 0 Å². The van der Waals surface area contributed by atoms with Crippen LogP contribution in [0.3, 0.4) is 0 Å². The minimum absolute atomic E-state index is 0.122. The van der Waals surface area contributed by atoms with Gasteiger partial charge in [-0.2, -0.15) is 0 Å². The zero-order chi connectivity index (χ0) is 14.8. The van der Waals surface area contributed by atoms with E-state index in [4.69, 9.17) is 4.74 Å². The van der Waals surface area contributed by atoms with Crippen molar-refractivity contribution in [2.24, 2.45) is 5.92 Å². The molecule has 0 aromatic heterocycles. The summed E-state index contributed by atoms with van der Waals surface area (Å²) in [5.41, 5.74) is 0.939. The van der Waals surface area contributed by atoms with Crippen LogP contribution in [0, 0.1) is 5.92 Å². The van der Waals surface area contributed by atoms with Crippen LogP contribution in [0.4, 0.5) is 4.79 Å². The number of amides is 2. The molecule has 5 heteroatoms. The molecule has 2 N–H and O–H groups in total. The summed E-state index contributed by atoms with van der Waals surface area (Å²) < 4.78 is 5.15. The van der Waals surface area contributed by atoms with E-state index in [1.165, 1.54) is 0 Å². The van der Waals surface area contributed by atoms with E-state index in [1.807, 2.05) is 30.3 Å². The van der Waals surface area contributed by atoms with Crippen LogP contribution in [-0.2, 0) is 16.1 Å². The Bertz CT molecular complexity index is 407. The monoisotopic (exact) mass is 278 g/mol. The summed E-state index contributed by atoms with van der Waals surface area (Å²) in [6.07, 6.45) is 0.943. The lowest BCUT2D eigenvalue weighted by molar-refractivity contribution is -0.109. The molecule has 110 valence electrons. The average molecular weight is 278 g/mol. The van der Waals surface area contributed by atoms with Crippen molar-refractivity contribution in [1.82, 2.24) is 10.6 Å². The standard InChI is InChI=1S/C15H22N2O3/c1-12(2)8-14(9-16-11-18)17-15(19)20-10-13-6-4-3-5-7-13/h3-7,11-12,14H,8-10H2,1-2H3,(H,16,18)(H,17,19). The zero-order valence-corrected chi connectivity index (χ0v) is 12.0. The van der Waals surface area contributed by atoms with Crippen LogP contribution in [0.2, 0.25) is 0 Å².